The van der Waals surface area contributed by atoms with E-state index in [0.29, 0.717) is 15.8 Å². The van der Waals surface area contributed by atoms with Crippen LogP contribution in [0.3, 0.4) is 0 Å². The van der Waals surface area contributed by atoms with E-state index in [9.17, 15) is 9.59 Å². The maximum absolute atomic E-state index is 11.8. The number of hydrazone groups is 1. The highest BCUT2D eigenvalue weighted by atomic mass is 35.5. The highest BCUT2D eigenvalue weighted by Gasteiger charge is 2.08. The second-order valence-corrected chi connectivity index (χ2v) is 6.57. The molecule has 2 aromatic carbocycles. The summed E-state index contributed by atoms with van der Waals surface area (Å²) >= 11 is 11.7. The van der Waals surface area contributed by atoms with E-state index in [1.165, 1.54) is 12.3 Å². The Kier molecular flexibility index (Phi) is 6.52. The van der Waals surface area contributed by atoms with Gasteiger partial charge in [-0.25, -0.2) is 5.43 Å². The van der Waals surface area contributed by atoms with Gasteiger partial charge in [-0.15, -0.1) is 0 Å². The summed E-state index contributed by atoms with van der Waals surface area (Å²) in [4.78, 5) is 26.7. The normalized spacial score (nSPS) is 10.9. The number of ether oxygens (including phenoxy) is 1. The van der Waals surface area contributed by atoms with E-state index in [0.717, 1.165) is 16.5 Å². The Hall–Kier alpha value is -3.03. The Labute approximate surface area is 170 Å². The predicted octanol–water partition coefficient (Wildman–Crippen LogP) is 3.12. The molecule has 7 nitrogen and oxygen atoms in total. The topological polar surface area (TPSA) is 95.6 Å². The number of nitrogens with zero attached hydrogens (tertiary/aromatic N) is 1. The minimum absolute atomic E-state index is 0.234. The van der Waals surface area contributed by atoms with E-state index in [1.54, 1.807) is 18.3 Å². The summed E-state index contributed by atoms with van der Waals surface area (Å²) in [6.45, 7) is -0.519. The summed E-state index contributed by atoms with van der Waals surface area (Å²) in [5.74, 6) is -0.607. The van der Waals surface area contributed by atoms with Gasteiger partial charge < -0.3 is 15.0 Å². The zero-order valence-electron chi connectivity index (χ0n) is 14.5. The maximum atomic E-state index is 11.8. The van der Waals surface area contributed by atoms with Gasteiger partial charge in [0.15, 0.2) is 6.61 Å². The summed E-state index contributed by atoms with van der Waals surface area (Å²) in [7, 11) is 0. The lowest BCUT2D eigenvalue weighted by molar-refractivity contribution is -0.127. The third-order valence-corrected chi connectivity index (χ3v) is 4.24. The summed E-state index contributed by atoms with van der Waals surface area (Å²) in [6.07, 6.45) is 3.32. The van der Waals surface area contributed by atoms with Crippen LogP contribution in [0.15, 0.2) is 53.8 Å². The molecule has 144 valence electrons. The van der Waals surface area contributed by atoms with Crippen LogP contribution >= 0.6 is 23.2 Å². The molecule has 0 radical (unpaired) electrons. The Bertz CT molecular complexity index is 1030. The first-order chi connectivity index (χ1) is 13.5. The van der Waals surface area contributed by atoms with Gasteiger partial charge in [0.2, 0.25) is 0 Å². The van der Waals surface area contributed by atoms with Gasteiger partial charge in [0.05, 0.1) is 17.8 Å². The number of rotatable bonds is 7. The number of benzene rings is 2. The quantitative estimate of drug-likeness (QED) is 0.406. The molecule has 0 atom stereocenters. The first kappa shape index (κ1) is 19.7. The molecule has 3 N–H and O–H groups in total. The lowest BCUT2D eigenvalue weighted by atomic mass is 10.2. The van der Waals surface area contributed by atoms with Crippen molar-refractivity contribution >= 4 is 52.1 Å². The van der Waals surface area contributed by atoms with E-state index in [-0.39, 0.29) is 13.2 Å². The standard InChI is InChI=1S/C19H16Cl2N4O3/c20-13-5-6-17(15(21)7-13)28-11-19(27)23-10-18(26)25-24-9-12-8-22-16-4-2-1-3-14(12)16/h1-9,22H,10-11H2,(H,23,27)(H,25,26)/b24-9-. The smallest absolute Gasteiger partial charge is 0.259 e. The molecule has 1 aromatic heterocycles. The Morgan fingerprint density at radius 1 is 1.14 bits per heavy atom. The second kappa shape index (κ2) is 9.25. The van der Waals surface area contributed by atoms with Crippen LogP contribution in [0.2, 0.25) is 10.0 Å². The average molecular weight is 419 g/mol. The van der Waals surface area contributed by atoms with Crippen molar-refractivity contribution in [2.45, 2.75) is 0 Å². The molecule has 0 fully saturated rings. The minimum atomic E-state index is -0.471. The number of H-pyrrole nitrogens is 1. The van der Waals surface area contributed by atoms with Crippen molar-refractivity contribution in [1.29, 1.82) is 0 Å². The summed E-state index contributed by atoms with van der Waals surface area (Å²) < 4.78 is 5.29. The van der Waals surface area contributed by atoms with Crippen molar-refractivity contribution < 1.29 is 14.3 Å². The van der Waals surface area contributed by atoms with Crippen LogP contribution in [0.5, 0.6) is 5.75 Å². The molecule has 0 bridgehead atoms. The number of hydrogen-bond donors (Lipinski definition) is 3. The van der Waals surface area contributed by atoms with Crippen molar-refractivity contribution in [3.8, 4) is 5.75 Å². The van der Waals surface area contributed by atoms with E-state index in [4.69, 9.17) is 27.9 Å². The number of amides is 2. The Morgan fingerprint density at radius 2 is 1.96 bits per heavy atom. The molecule has 3 rings (SSSR count). The predicted molar refractivity (Wildman–Crippen MR) is 109 cm³/mol. The highest BCUT2D eigenvalue weighted by molar-refractivity contribution is 6.35. The number of aromatic amines is 1. The minimum Gasteiger partial charge on any atom is -0.482 e. The first-order valence-corrected chi connectivity index (χ1v) is 9.01. The molecule has 0 aliphatic heterocycles. The molecule has 0 saturated heterocycles. The number of para-hydroxylation sites is 1. The molecule has 0 saturated carbocycles. The number of fused-ring (bicyclic) bond motifs is 1. The number of aromatic nitrogens is 1. The lowest BCUT2D eigenvalue weighted by Crippen LogP contribution is -2.37. The zero-order chi connectivity index (χ0) is 19.9. The van der Waals surface area contributed by atoms with Crippen molar-refractivity contribution in [2.24, 2.45) is 5.10 Å². The molecule has 3 aromatic rings. The maximum Gasteiger partial charge on any atom is 0.259 e. The highest BCUT2D eigenvalue weighted by Crippen LogP contribution is 2.27. The number of nitrogens with one attached hydrogen (secondary N) is 3. The van der Waals surface area contributed by atoms with Crippen LogP contribution in [0.4, 0.5) is 0 Å². The Morgan fingerprint density at radius 3 is 2.79 bits per heavy atom. The molecular formula is C19H16Cl2N4O3. The van der Waals surface area contributed by atoms with E-state index in [2.05, 4.69) is 20.8 Å². The van der Waals surface area contributed by atoms with Gasteiger partial charge in [-0.05, 0) is 24.3 Å². The zero-order valence-corrected chi connectivity index (χ0v) is 16.1. The van der Waals surface area contributed by atoms with Crippen LogP contribution in [-0.2, 0) is 9.59 Å². The molecular weight excluding hydrogens is 403 g/mol. The number of hydrogen-bond acceptors (Lipinski definition) is 4. The van der Waals surface area contributed by atoms with Gasteiger partial charge in [0, 0.05) is 27.7 Å². The number of carbonyl (C=O) groups is 2. The summed E-state index contributed by atoms with van der Waals surface area (Å²) in [5.41, 5.74) is 4.17. The largest absolute Gasteiger partial charge is 0.482 e. The molecule has 0 aliphatic carbocycles. The molecule has 28 heavy (non-hydrogen) atoms. The molecule has 2 amide bonds. The van der Waals surface area contributed by atoms with Crippen LogP contribution in [0.25, 0.3) is 10.9 Å². The van der Waals surface area contributed by atoms with Crippen LogP contribution in [0, 0.1) is 0 Å². The summed E-state index contributed by atoms with van der Waals surface area (Å²) in [6, 6.07) is 12.4. The number of halogens is 2. The van der Waals surface area contributed by atoms with Crippen molar-refractivity contribution in [1.82, 2.24) is 15.7 Å². The van der Waals surface area contributed by atoms with Crippen molar-refractivity contribution in [3.05, 3.63) is 64.3 Å². The fourth-order valence-corrected chi connectivity index (χ4v) is 2.84. The van der Waals surface area contributed by atoms with Gasteiger partial charge in [-0.3, -0.25) is 9.59 Å². The van der Waals surface area contributed by atoms with Gasteiger partial charge in [0.1, 0.15) is 5.75 Å². The molecule has 0 aliphatic rings. The molecule has 0 unspecified atom stereocenters. The lowest BCUT2D eigenvalue weighted by Gasteiger charge is -2.08. The van der Waals surface area contributed by atoms with Crippen LogP contribution < -0.4 is 15.5 Å². The van der Waals surface area contributed by atoms with E-state index >= 15 is 0 Å². The molecule has 9 heteroatoms. The van der Waals surface area contributed by atoms with Crippen molar-refractivity contribution in [3.63, 3.8) is 0 Å². The monoisotopic (exact) mass is 418 g/mol. The first-order valence-electron chi connectivity index (χ1n) is 8.25. The summed E-state index contributed by atoms with van der Waals surface area (Å²) in [5, 5.41) is 8.08. The molecule has 0 spiro atoms. The Balaban J connectivity index is 1.42. The second-order valence-electron chi connectivity index (χ2n) is 5.72. The van der Waals surface area contributed by atoms with Gasteiger partial charge >= 0.3 is 0 Å². The SMILES string of the molecule is O=C(COc1ccc(Cl)cc1Cl)NCC(=O)N/N=C\c1c[nH]c2ccccc12. The van der Waals surface area contributed by atoms with Gasteiger partial charge in [-0.2, -0.15) is 5.10 Å². The average Bonchev–Trinajstić information content (AvgIpc) is 3.09. The third kappa shape index (κ3) is 5.25. The van der Waals surface area contributed by atoms with Crippen molar-refractivity contribution in [2.75, 3.05) is 13.2 Å². The molecule has 1 heterocycles. The fraction of sp³-hybridized carbons (Fsp3) is 0.105. The third-order valence-electron chi connectivity index (χ3n) is 3.71. The van der Waals surface area contributed by atoms with Gasteiger partial charge in [0.25, 0.3) is 11.8 Å². The van der Waals surface area contributed by atoms with Crippen LogP contribution in [-0.4, -0.2) is 36.2 Å². The van der Waals surface area contributed by atoms with E-state index in [1.807, 2.05) is 24.3 Å². The number of carbonyl (C=O) groups excluding carboxylic acids is 2. The van der Waals surface area contributed by atoms with E-state index < -0.39 is 11.8 Å². The van der Waals surface area contributed by atoms with Crippen LogP contribution in [0.1, 0.15) is 5.56 Å². The fourth-order valence-electron chi connectivity index (χ4n) is 2.38. The van der Waals surface area contributed by atoms with Gasteiger partial charge in [-0.1, -0.05) is 41.4 Å².